The predicted octanol–water partition coefficient (Wildman–Crippen LogP) is 3.71. The molecule has 0 aliphatic rings. The molecule has 19 heavy (non-hydrogen) atoms. The fourth-order valence-electron chi connectivity index (χ4n) is 1.58. The fourth-order valence-corrected chi connectivity index (χ4v) is 2.21. The zero-order valence-electron chi connectivity index (χ0n) is 9.58. The summed E-state index contributed by atoms with van der Waals surface area (Å²) < 4.78 is 48.4. The van der Waals surface area contributed by atoms with E-state index in [1.165, 1.54) is 19.2 Å². The first-order valence-electron chi connectivity index (χ1n) is 5.00. The number of nitrogens with two attached hydrogens (primary N) is 1. The summed E-state index contributed by atoms with van der Waals surface area (Å²) in [5, 5.41) is 3.58. The summed E-state index contributed by atoms with van der Waals surface area (Å²) in [6, 6.07) is 3.72. The molecule has 0 unspecified atom stereocenters. The standard InChI is InChI=1S/C11H8BrF3N2O2/c1-18-10-6(11(13,14)15)2-5(3-7(10)12)8-4-9(16)19-17-8/h2-4H,16H2,1H3. The lowest BCUT2D eigenvalue weighted by Gasteiger charge is -2.14. The van der Waals surface area contributed by atoms with E-state index in [-0.39, 0.29) is 27.4 Å². The van der Waals surface area contributed by atoms with Crippen molar-refractivity contribution in [1.29, 1.82) is 0 Å². The molecule has 0 spiro atoms. The maximum Gasteiger partial charge on any atom is 0.420 e. The summed E-state index contributed by atoms with van der Waals surface area (Å²) in [6.45, 7) is 0. The number of rotatable bonds is 2. The van der Waals surface area contributed by atoms with Gasteiger partial charge in [0.2, 0.25) is 5.88 Å². The molecule has 0 fully saturated rings. The van der Waals surface area contributed by atoms with Crippen LogP contribution in [0.4, 0.5) is 19.1 Å². The van der Waals surface area contributed by atoms with Gasteiger partial charge in [-0.25, -0.2) is 0 Å². The number of ether oxygens (including phenoxy) is 1. The molecule has 8 heteroatoms. The number of aromatic nitrogens is 1. The van der Waals surface area contributed by atoms with Gasteiger partial charge in [0.05, 0.1) is 17.1 Å². The van der Waals surface area contributed by atoms with E-state index in [0.717, 1.165) is 6.07 Å². The van der Waals surface area contributed by atoms with Gasteiger partial charge in [0.15, 0.2) is 0 Å². The van der Waals surface area contributed by atoms with Crippen molar-refractivity contribution in [3.8, 4) is 17.0 Å². The number of halogens is 4. The third-order valence-corrected chi connectivity index (χ3v) is 2.97. The molecule has 102 valence electrons. The van der Waals surface area contributed by atoms with Gasteiger partial charge < -0.3 is 15.0 Å². The number of anilines is 1. The van der Waals surface area contributed by atoms with Crippen molar-refractivity contribution < 1.29 is 22.4 Å². The molecule has 0 bridgehead atoms. The number of nitrogens with zero attached hydrogens (tertiary/aromatic N) is 1. The van der Waals surface area contributed by atoms with Gasteiger partial charge >= 0.3 is 6.18 Å². The molecule has 0 radical (unpaired) electrons. The van der Waals surface area contributed by atoms with Crippen LogP contribution < -0.4 is 10.5 Å². The monoisotopic (exact) mass is 336 g/mol. The van der Waals surface area contributed by atoms with E-state index < -0.39 is 11.7 Å². The highest BCUT2D eigenvalue weighted by Crippen LogP contribution is 2.42. The molecule has 0 amide bonds. The van der Waals surface area contributed by atoms with Crippen LogP contribution in [0.5, 0.6) is 5.75 Å². The third kappa shape index (κ3) is 2.67. The first-order chi connectivity index (χ1) is 8.82. The average molecular weight is 337 g/mol. The van der Waals surface area contributed by atoms with Crippen molar-refractivity contribution >= 4 is 21.8 Å². The van der Waals surface area contributed by atoms with E-state index in [0.29, 0.717) is 0 Å². The number of alkyl halides is 3. The molecule has 0 aliphatic carbocycles. The normalized spacial score (nSPS) is 11.6. The zero-order valence-corrected chi connectivity index (χ0v) is 11.2. The molecule has 2 rings (SSSR count). The summed E-state index contributed by atoms with van der Waals surface area (Å²) in [5.41, 5.74) is 4.88. The Labute approximate surface area is 114 Å². The van der Waals surface area contributed by atoms with Crippen LogP contribution >= 0.6 is 15.9 Å². The molecular formula is C11H8BrF3N2O2. The smallest absolute Gasteiger partial charge is 0.420 e. The zero-order chi connectivity index (χ0) is 14.2. The lowest BCUT2D eigenvalue weighted by Crippen LogP contribution is -2.08. The number of benzene rings is 1. The van der Waals surface area contributed by atoms with Crippen molar-refractivity contribution in [2.75, 3.05) is 12.8 Å². The highest BCUT2D eigenvalue weighted by atomic mass is 79.9. The Balaban J connectivity index is 2.63. The number of methoxy groups -OCH3 is 1. The SMILES string of the molecule is COc1c(Br)cc(-c2cc(N)on2)cc1C(F)(F)F. The van der Waals surface area contributed by atoms with Crippen LogP contribution in [0, 0.1) is 0 Å². The number of nitrogen functional groups attached to an aromatic ring is 1. The van der Waals surface area contributed by atoms with Gasteiger partial charge in [0.1, 0.15) is 11.4 Å². The second kappa shape index (κ2) is 4.76. The average Bonchev–Trinajstić information content (AvgIpc) is 2.73. The fraction of sp³-hybridized carbons (Fsp3) is 0.182. The maximum absolute atomic E-state index is 12.9. The maximum atomic E-state index is 12.9. The number of hydrogen-bond donors (Lipinski definition) is 1. The minimum atomic E-state index is -4.54. The molecule has 4 nitrogen and oxygen atoms in total. The Kier molecular flexibility index (Phi) is 3.44. The highest BCUT2D eigenvalue weighted by Gasteiger charge is 2.36. The minimum absolute atomic E-state index is 0.0236. The molecule has 2 N–H and O–H groups in total. The van der Waals surface area contributed by atoms with Crippen molar-refractivity contribution in [3.63, 3.8) is 0 Å². The molecular weight excluding hydrogens is 329 g/mol. The van der Waals surface area contributed by atoms with Crippen molar-refractivity contribution in [3.05, 3.63) is 28.2 Å². The van der Waals surface area contributed by atoms with E-state index in [9.17, 15) is 13.2 Å². The minimum Gasteiger partial charge on any atom is -0.495 e. The van der Waals surface area contributed by atoms with Crippen LogP contribution in [0.2, 0.25) is 0 Å². The lowest BCUT2D eigenvalue weighted by atomic mass is 10.1. The van der Waals surface area contributed by atoms with Gasteiger partial charge in [0.25, 0.3) is 0 Å². The first-order valence-corrected chi connectivity index (χ1v) is 5.79. The predicted molar refractivity (Wildman–Crippen MR) is 65.6 cm³/mol. The first kappa shape index (κ1) is 13.7. The molecule has 1 heterocycles. The summed E-state index contributed by atoms with van der Waals surface area (Å²) in [5.74, 6) is -0.261. The molecule has 0 saturated heterocycles. The van der Waals surface area contributed by atoms with E-state index in [1.54, 1.807) is 0 Å². The summed E-state index contributed by atoms with van der Waals surface area (Å²) >= 11 is 3.04. The van der Waals surface area contributed by atoms with Crippen LogP contribution in [-0.4, -0.2) is 12.3 Å². The van der Waals surface area contributed by atoms with Crippen LogP contribution in [-0.2, 0) is 6.18 Å². The topological polar surface area (TPSA) is 61.3 Å². The molecule has 2 aromatic rings. The van der Waals surface area contributed by atoms with Crippen molar-refractivity contribution in [1.82, 2.24) is 5.16 Å². The van der Waals surface area contributed by atoms with Gasteiger partial charge in [-0.2, -0.15) is 13.2 Å². The molecule has 0 aliphatic heterocycles. The Morgan fingerprint density at radius 1 is 1.32 bits per heavy atom. The van der Waals surface area contributed by atoms with Gasteiger partial charge in [-0.05, 0) is 28.1 Å². The molecule has 0 saturated carbocycles. The van der Waals surface area contributed by atoms with Crippen molar-refractivity contribution in [2.45, 2.75) is 6.18 Å². The van der Waals surface area contributed by atoms with E-state index in [1.807, 2.05) is 0 Å². The Morgan fingerprint density at radius 2 is 2.00 bits per heavy atom. The Morgan fingerprint density at radius 3 is 2.47 bits per heavy atom. The van der Waals surface area contributed by atoms with E-state index >= 15 is 0 Å². The van der Waals surface area contributed by atoms with Gasteiger partial charge in [-0.3, -0.25) is 0 Å². The summed E-state index contributed by atoms with van der Waals surface area (Å²) in [4.78, 5) is 0. The van der Waals surface area contributed by atoms with Gasteiger partial charge in [0, 0.05) is 11.6 Å². The summed E-state index contributed by atoms with van der Waals surface area (Å²) in [7, 11) is 1.17. The Hall–Kier alpha value is -1.70. The van der Waals surface area contributed by atoms with Gasteiger partial charge in [-0.1, -0.05) is 5.16 Å². The lowest BCUT2D eigenvalue weighted by molar-refractivity contribution is -0.138. The largest absolute Gasteiger partial charge is 0.495 e. The van der Waals surface area contributed by atoms with Crippen molar-refractivity contribution in [2.24, 2.45) is 0 Å². The highest BCUT2D eigenvalue weighted by molar-refractivity contribution is 9.10. The van der Waals surface area contributed by atoms with Crippen LogP contribution in [0.25, 0.3) is 11.3 Å². The molecule has 1 aromatic heterocycles. The van der Waals surface area contributed by atoms with E-state index in [4.69, 9.17) is 10.5 Å². The Bertz CT molecular complexity index is 610. The molecule has 0 atom stereocenters. The second-order valence-electron chi connectivity index (χ2n) is 3.65. The molecule has 1 aromatic carbocycles. The quantitative estimate of drug-likeness (QED) is 0.907. The van der Waals surface area contributed by atoms with E-state index in [2.05, 4.69) is 25.6 Å². The van der Waals surface area contributed by atoms with Gasteiger partial charge in [-0.15, -0.1) is 0 Å². The second-order valence-corrected chi connectivity index (χ2v) is 4.51. The number of hydrogen-bond acceptors (Lipinski definition) is 4. The van der Waals surface area contributed by atoms with Crippen LogP contribution in [0.1, 0.15) is 5.56 Å². The summed E-state index contributed by atoms with van der Waals surface area (Å²) in [6.07, 6.45) is -4.54. The van der Waals surface area contributed by atoms with Crippen LogP contribution in [0.3, 0.4) is 0 Å². The third-order valence-electron chi connectivity index (χ3n) is 2.38. The van der Waals surface area contributed by atoms with Crippen LogP contribution in [0.15, 0.2) is 27.2 Å².